The molecule has 1 amide bonds. The molecule has 1 atom stereocenters. The topological polar surface area (TPSA) is 76.6 Å². The van der Waals surface area contributed by atoms with E-state index in [9.17, 15) is 4.79 Å². The van der Waals surface area contributed by atoms with Crippen LogP contribution in [0.4, 0.5) is 5.82 Å². The lowest BCUT2D eigenvalue weighted by Gasteiger charge is -2.23. The lowest BCUT2D eigenvalue weighted by atomic mass is 10.3. The Kier molecular flexibility index (Phi) is 4.64. The standard InChI is InChI=1S/C12H18N4O3/c1-16(2)12(17)10-3-4-11(15-14-10)13-7-9-8-18-5-6-19-9/h3-4,9H,5-8H2,1-2H3,(H,13,15). The maximum absolute atomic E-state index is 11.6. The molecule has 1 N–H and O–H groups in total. The Morgan fingerprint density at radius 3 is 2.84 bits per heavy atom. The molecular formula is C12H18N4O3. The second kappa shape index (κ2) is 6.44. The molecule has 0 bridgehead atoms. The lowest BCUT2D eigenvalue weighted by molar-refractivity contribution is -0.0819. The van der Waals surface area contributed by atoms with Crippen molar-refractivity contribution in [2.75, 3.05) is 45.8 Å². The van der Waals surface area contributed by atoms with Crippen LogP contribution in [0.2, 0.25) is 0 Å². The van der Waals surface area contributed by atoms with Crippen molar-refractivity contribution in [3.05, 3.63) is 17.8 Å². The first-order chi connectivity index (χ1) is 9.16. The molecule has 0 radical (unpaired) electrons. The largest absolute Gasteiger partial charge is 0.376 e. The highest BCUT2D eigenvalue weighted by Crippen LogP contribution is 2.06. The molecule has 1 aromatic heterocycles. The van der Waals surface area contributed by atoms with Crippen molar-refractivity contribution in [1.82, 2.24) is 15.1 Å². The SMILES string of the molecule is CN(C)C(=O)c1ccc(NCC2COCCO2)nn1. The minimum atomic E-state index is -0.164. The molecule has 1 aromatic rings. The van der Waals surface area contributed by atoms with Gasteiger partial charge in [-0.2, -0.15) is 0 Å². The molecule has 104 valence electrons. The number of nitrogens with zero attached hydrogens (tertiary/aromatic N) is 3. The van der Waals surface area contributed by atoms with Crippen molar-refractivity contribution in [1.29, 1.82) is 0 Å². The molecule has 0 aliphatic carbocycles. The van der Waals surface area contributed by atoms with Crippen molar-refractivity contribution in [2.24, 2.45) is 0 Å². The average Bonchev–Trinajstić information content (AvgIpc) is 2.46. The fourth-order valence-corrected chi connectivity index (χ4v) is 1.64. The van der Waals surface area contributed by atoms with E-state index < -0.39 is 0 Å². The van der Waals surface area contributed by atoms with Gasteiger partial charge in [0, 0.05) is 20.6 Å². The predicted octanol–water partition coefficient (Wildman–Crippen LogP) is 0.00570. The second-order valence-corrected chi connectivity index (χ2v) is 4.45. The Hall–Kier alpha value is -1.73. The number of nitrogens with one attached hydrogen (secondary N) is 1. The highest BCUT2D eigenvalue weighted by atomic mass is 16.6. The summed E-state index contributed by atoms with van der Waals surface area (Å²) in [5.74, 6) is 0.451. The van der Waals surface area contributed by atoms with Crippen LogP contribution in [0.25, 0.3) is 0 Å². The van der Waals surface area contributed by atoms with Crippen molar-refractivity contribution < 1.29 is 14.3 Å². The Morgan fingerprint density at radius 1 is 1.42 bits per heavy atom. The number of aromatic nitrogens is 2. The van der Waals surface area contributed by atoms with Crippen molar-refractivity contribution >= 4 is 11.7 Å². The van der Waals surface area contributed by atoms with Crippen LogP contribution in [0.3, 0.4) is 0 Å². The zero-order chi connectivity index (χ0) is 13.7. The van der Waals surface area contributed by atoms with Crippen LogP contribution in [-0.2, 0) is 9.47 Å². The van der Waals surface area contributed by atoms with Crippen LogP contribution in [0.5, 0.6) is 0 Å². The van der Waals surface area contributed by atoms with E-state index in [-0.39, 0.29) is 12.0 Å². The summed E-state index contributed by atoms with van der Waals surface area (Å²) in [5, 5.41) is 11.0. The van der Waals surface area contributed by atoms with Crippen LogP contribution in [-0.4, -0.2) is 67.6 Å². The maximum Gasteiger partial charge on any atom is 0.273 e. The van der Waals surface area contributed by atoms with Gasteiger partial charge in [-0.25, -0.2) is 0 Å². The summed E-state index contributed by atoms with van der Waals surface area (Å²) in [6.07, 6.45) is 0.0265. The Morgan fingerprint density at radius 2 is 2.26 bits per heavy atom. The van der Waals surface area contributed by atoms with Gasteiger partial charge in [-0.15, -0.1) is 10.2 Å². The Balaban J connectivity index is 1.86. The number of hydrogen-bond donors (Lipinski definition) is 1. The number of carbonyl (C=O) groups is 1. The summed E-state index contributed by atoms with van der Waals surface area (Å²) in [4.78, 5) is 13.1. The first kappa shape index (κ1) is 13.7. The molecule has 7 nitrogen and oxygen atoms in total. The molecular weight excluding hydrogens is 248 g/mol. The molecule has 0 spiro atoms. The quantitative estimate of drug-likeness (QED) is 0.827. The zero-order valence-electron chi connectivity index (χ0n) is 11.1. The average molecular weight is 266 g/mol. The molecule has 1 saturated heterocycles. The minimum absolute atomic E-state index is 0.0265. The lowest BCUT2D eigenvalue weighted by Crippen LogP contribution is -2.34. The molecule has 7 heteroatoms. The second-order valence-electron chi connectivity index (χ2n) is 4.45. The predicted molar refractivity (Wildman–Crippen MR) is 69.1 cm³/mol. The number of amides is 1. The third-order valence-electron chi connectivity index (χ3n) is 2.69. The first-order valence-corrected chi connectivity index (χ1v) is 6.15. The molecule has 0 aromatic carbocycles. The molecule has 2 heterocycles. The number of rotatable bonds is 4. The van der Waals surface area contributed by atoms with E-state index in [4.69, 9.17) is 9.47 Å². The van der Waals surface area contributed by atoms with E-state index in [1.54, 1.807) is 26.2 Å². The van der Waals surface area contributed by atoms with E-state index >= 15 is 0 Å². The van der Waals surface area contributed by atoms with Gasteiger partial charge < -0.3 is 19.7 Å². The van der Waals surface area contributed by atoms with Crippen LogP contribution >= 0.6 is 0 Å². The van der Waals surface area contributed by atoms with E-state index in [1.807, 2.05) is 0 Å². The summed E-state index contributed by atoms with van der Waals surface area (Å²) in [7, 11) is 3.35. The van der Waals surface area contributed by atoms with Gasteiger partial charge in [-0.05, 0) is 12.1 Å². The van der Waals surface area contributed by atoms with Gasteiger partial charge in [0.2, 0.25) is 0 Å². The van der Waals surface area contributed by atoms with E-state index in [0.717, 1.165) is 0 Å². The van der Waals surface area contributed by atoms with Gasteiger partial charge in [0.05, 0.1) is 25.9 Å². The van der Waals surface area contributed by atoms with Gasteiger partial charge in [0.15, 0.2) is 5.69 Å². The summed E-state index contributed by atoms with van der Waals surface area (Å²) in [6.45, 7) is 2.46. The minimum Gasteiger partial charge on any atom is -0.376 e. The van der Waals surface area contributed by atoms with Gasteiger partial charge >= 0.3 is 0 Å². The van der Waals surface area contributed by atoms with Crippen molar-refractivity contribution in [2.45, 2.75) is 6.10 Å². The Bertz CT molecular complexity index is 415. The number of anilines is 1. The number of carbonyl (C=O) groups excluding carboxylic acids is 1. The van der Waals surface area contributed by atoms with Gasteiger partial charge in [0.1, 0.15) is 5.82 Å². The fraction of sp³-hybridized carbons (Fsp3) is 0.583. The molecule has 1 aliphatic rings. The highest BCUT2D eigenvalue weighted by Gasteiger charge is 2.14. The third kappa shape index (κ3) is 3.87. The molecule has 19 heavy (non-hydrogen) atoms. The normalized spacial score (nSPS) is 18.9. The molecule has 1 fully saturated rings. The summed E-state index contributed by atoms with van der Waals surface area (Å²) in [6, 6.07) is 3.38. The van der Waals surface area contributed by atoms with E-state index in [1.165, 1.54) is 4.90 Å². The third-order valence-corrected chi connectivity index (χ3v) is 2.69. The smallest absolute Gasteiger partial charge is 0.273 e. The zero-order valence-corrected chi connectivity index (χ0v) is 11.1. The van der Waals surface area contributed by atoms with Crippen molar-refractivity contribution in [3.8, 4) is 0 Å². The molecule has 1 aliphatic heterocycles. The monoisotopic (exact) mass is 266 g/mol. The number of ether oxygens (including phenoxy) is 2. The first-order valence-electron chi connectivity index (χ1n) is 6.15. The maximum atomic E-state index is 11.6. The summed E-state index contributed by atoms with van der Waals surface area (Å²) in [5.41, 5.74) is 0.327. The summed E-state index contributed by atoms with van der Waals surface area (Å²) < 4.78 is 10.8. The van der Waals surface area contributed by atoms with Crippen LogP contribution in [0.15, 0.2) is 12.1 Å². The molecule has 2 rings (SSSR count). The molecule has 1 unspecified atom stereocenters. The fourth-order valence-electron chi connectivity index (χ4n) is 1.64. The highest BCUT2D eigenvalue weighted by molar-refractivity contribution is 5.91. The van der Waals surface area contributed by atoms with Gasteiger partial charge in [0.25, 0.3) is 5.91 Å². The number of hydrogen-bond acceptors (Lipinski definition) is 6. The van der Waals surface area contributed by atoms with E-state index in [0.29, 0.717) is 37.9 Å². The van der Waals surface area contributed by atoms with E-state index in [2.05, 4.69) is 15.5 Å². The molecule has 0 saturated carbocycles. The van der Waals surface area contributed by atoms with Gasteiger partial charge in [-0.1, -0.05) is 0 Å². The summed E-state index contributed by atoms with van der Waals surface area (Å²) >= 11 is 0. The van der Waals surface area contributed by atoms with Gasteiger partial charge in [-0.3, -0.25) is 4.79 Å². The van der Waals surface area contributed by atoms with Crippen LogP contribution in [0, 0.1) is 0 Å². The van der Waals surface area contributed by atoms with Crippen LogP contribution < -0.4 is 5.32 Å². The Labute approximate surface area is 111 Å². The van der Waals surface area contributed by atoms with Crippen LogP contribution in [0.1, 0.15) is 10.5 Å². The van der Waals surface area contributed by atoms with Crippen molar-refractivity contribution in [3.63, 3.8) is 0 Å².